The molecule has 2 aromatic carbocycles. The molecule has 0 bridgehead atoms. The molecule has 130 valence electrons. The Morgan fingerprint density at radius 2 is 2.00 bits per heavy atom. The SMILES string of the molecule is Cc1ccccc1NC(=O)NCC#CCOc1ccc2cccnc2c1. The lowest BCUT2D eigenvalue weighted by atomic mass is 10.2. The number of amides is 2. The van der Waals surface area contributed by atoms with Gasteiger partial charge in [-0.2, -0.15) is 0 Å². The second-order valence-electron chi connectivity index (χ2n) is 5.62. The molecule has 5 nitrogen and oxygen atoms in total. The molecule has 3 rings (SSSR count). The van der Waals surface area contributed by atoms with E-state index in [1.807, 2.05) is 61.5 Å². The van der Waals surface area contributed by atoms with Gasteiger partial charge in [-0.3, -0.25) is 4.98 Å². The second kappa shape index (κ2) is 8.54. The molecule has 0 saturated carbocycles. The van der Waals surface area contributed by atoms with Crippen LogP contribution in [0.5, 0.6) is 5.75 Å². The molecule has 0 radical (unpaired) electrons. The van der Waals surface area contributed by atoms with E-state index >= 15 is 0 Å². The van der Waals surface area contributed by atoms with E-state index in [0.717, 1.165) is 27.9 Å². The van der Waals surface area contributed by atoms with Gasteiger partial charge in [0.05, 0.1) is 12.1 Å². The summed E-state index contributed by atoms with van der Waals surface area (Å²) in [6.07, 6.45) is 1.75. The Balaban J connectivity index is 1.42. The van der Waals surface area contributed by atoms with Crippen LogP contribution in [0.4, 0.5) is 10.5 Å². The predicted octanol–water partition coefficient (Wildman–Crippen LogP) is 3.75. The van der Waals surface area contributed by atoms with Crippen LogP contribution in [-0.4, -0.2) is 24.2 Å². The van der Waals surface area contributed by atoms with E-state index in [-0.39, 0.29) is 19.2 Å². The van der Waals surface area contributed by atoms with Gasteiger partial charge in [-0.1, -0.05) is 36.1 Å². The summed E-state index contributed by atoms with van der Waals surface area (Å²) in [6.45, 7) is 2.44. The fourth-order valence-corrected chi connectivity index (χ4v) is 2.37. The first-order valence-corrected chi connectivity index (χ1v) is 8.26. The molecule has 26 heavy (non-hydrogen) atoms. The number of benzene rings is 2. The first-order chi connectivity index (χ1) is 12.7. The molecule has 0 aliphatic carbocycles. The molecule has 5 heteroatoms. The topological polar surface area (TPSA) is 63.2 Å². The Morgan fingerprint density at radius 1 is 1.12 bits per heavy atom. The summed E-state index contributed by atoms with van der Waals surface area (Å²) < 4.78 is 5.59. The third kappa shape index (κ3) is 4.74. The zero-order valence-corrected chi connectivity index (χ0v) is 14.5. The Morgan fingerprint density at radius 3 is 2.88 bits per heavy atom. The molecular weight excluding hydrogens is 326 g/mol. The minimum atomic E-state index is -0.282. The normalized spacial score (nSPS) is 9.88. The molecule has 0 aliphatic heterocycles. The number of aromatic nitrogens is 1. The summed E-state index contributed by atoms with van der Waals surface area (Å²) >= 11 is 0. The number of anilines is 1. The van der Waals surface area contributed by atoms with Crippen molar-refractivity contribution in [2.45, 2.75) is 6.92 Å². The molecule has 1 heterocycles. The highest BCUT2D eigenvalue weighted by Crippen LogP contribution is 2.18. The van der Waals surface area contributed by atoms with Crippen molar-refractivity contribution in [2.75, 3.05) is 18.5 Å². The lowest BCUT2D eigenvalue weighted by molar-refractivity contribution is 0.253. The summed E-state index contributed by atoms with van der Waals surface area (Å²) in [7, 11) is 0. The van der Waals surface area contributed by atoms with Crippen LogP contribution in [0.3, 0.4) is 0 Å². The molecule has 0 spiro atoms. The molecule has 1 aromatic heterocycles. The van der Waals surface area contributed by atoms with E-state index in [1.54, 1.807) is 6.20 Å². The number of hydrogen-bond donors (Lipinski definition) is 2. The molecule has 2 amide bonds. The smallest absolute Gasteiger partial charge is 0.320 e. The van der Waals surface area contributed by atoms with Crippen LogP contribution < -0.4 is 15.4 Å². The number of urea groups is 1. The van der Waals surface area contributed by atoms with Gasteiger partial charge < -0.3 is 15.4 Å². The van der Waals surface area contributed by atoms with Gasteiger partial charge in [-0.25, -0.2) is 4.79 Å². The minimum Gasteiger partial charge on any atom is -0.481 e. The number of carbonyl (C=O) groups is 1. The van der Waals surface area contributed by atoms with Crippen molar-refractivity contribution in [1.29, 1.82) is 0 Å². The highest BCUT2D eigenvalue weighted by Gasteiger charge is 2.01. The van der Waals surface area contributed by atoms with Crippen molar-refractivity contribution >= 4 is 22.6 Å². The second-order valence-corrected chi connectivity index (χ2v) is 5.62. The first kappa shape index (κ1) is 17.3. The number of para-hydroxylation sites is 1. The van der Waals surface area contributed by atoms with Crippen LogP contribution in [0.2, 0.25) is 0 Å². The summed E-state index contributed by atoms with van der Waals surface area (Å²) in [5.41, 5.74) is 2.67. The summed E-state index contributed by atoms with van der Waals surface area (Å²) in [6, 6.07) is 16.9. The summed E-state index contributed by atoms with van der Waals surface area (Å²) in [4.78, 5) is 16.1. The Kier molecular flexibility index (Phi) is 5.69. The number of ether oxygens (including phenoxy) is 1. The Labute approximate surface area is 152 Å². The maximum absolute atomic E-state index is 11.8. The molecule has 0 fully saturated rings. The fourth-order valence-electron chi connectivity index (χ4n) is 2.37. The zero-order valence-electron chi connectivity index (χ0n) is 14.5. The number of fused-ring (bicyclic) bond motifs is 1. The highest BCUT2D eigenvalue weighted by atomic mass is 16.5. The number of aryl methyl sites for hydroxylation is 1. The largest absolute Gasteiger partial charge is 0.481 e. The summed E-state index contributed by atoms with van der Waals surface area (Å²) in [5, 5.41) is 6.54. The van der Waals surface area contributed by atoms with Gasteiger partial charge in [0.15, 0.2) is 0 Å². The first-order valence-electron chi connectivity index (χ1n) is 8.26. The van der Waals surface area contributed by atoms with Crippen molar-refractivity contribution < 1.29 is 9.53 Å². The number of pyridine rings is 1. The fraction of sp³-hybridized carbons (Fsp3) is 0.143. The van der Waals surface area contributed by atoms with Crippen LogP contribution >= 0.6 is 0 Å². The van der Waals surface area contributed by atoms with E-state index < -0.39 is 0 Å². The van der Waals surface area contributed by atoms with Gasteiger partial charge in [0, 0.05) is 23.3 Å². The van der Waals surface area contributed by atoms with E-state index in [2.05, 4.69) is 27.5 Å². The van der Waals surface area contributed by atoms with Crippen molar-refractivity contribution in [1.82, 2.24) is 10.3 Å². The van der Waals surface area contributed by atoms with Crippen LogP contribution in [0.15, 0.2) is 60.8 Å². The maximum atomic E-state index is 11.8. The van der Waals surface area contributed by atoms with Crippen molar-refractivity contribution in [3.05, 3.63) is 66.4 Å². The third-order valence-electron chi connectivity index (χ3n) is 3.74. The van der Waals surface area contributed by atoms with E-state index in [9.17, 15) is 4.79 Å². The third-order valence-corrected chi connectivity index (χ3v) is 3.74. The average Bonchev–Trinajstić information content (AvgIpc) is 2.66. The Bertz CT molecular complexity index is 973. The molecule has 0 atom stereocenters. The monoisotopic (exact) mass is 345 g/mol. The lowest BCUT2D eigenvalue weighted by Gasteiger charge is -2.07. The molecule has 0 saturated heterocycles. The zero-order chi connectivity index (χ0) is 18.2. The van der Waals surface area contributed by atoms with E-state index in [1.165, 1.54) is 0 Å². The van der Waals surface area contributed by atoms with Gasteiger partial charge in [0.1, 0.15) is 12.4 Å². The standard InChI is InChI=1S/C21H19N3O2/c1-16-7-2-3-9-19(16)24-21(25)23-12-4-5-14-26-18-11-10-17-8-6-13-22-20(17)15-18/h2-3,6-11,13,15H,12,14H2,1H3,(H2,23,24,25). The van der Waals surface area contributed by atoms with Gasteiger partial charge in [0.2, 0.25) is 0 Å². The van der Waals surface area contributed by atoms with Crippen LogP contribution in [0.1, 0.15) is 5.56 Å². The number of nitrogens with one attached hydrogen (secondary N) is 2. The predicted molar refractivity (Wildman–Crippen MR) is 103 cm³/mol. The Hall–Kier alpha value is -3.52. The summed E-state index contributed by atoms with van der Waals surface area (Å²) in [5.74, 6) is 6.46. The minimum absolute atomic E-state index is 0.249. The van der Waals surface area contributed by atoms with Crippen LogP contribution in [0.25, 0.3) is 10.9 Å². The number of rotatable bonds is 4. The lowest BCUT2D eigenvalue weighted by Crippen LogP contribution is -2.29. The molecule has 0 unspecified atom stereocenters. The van der Waals surface area contributed by atoms with E-state index in [0.29, 0.717) is 0 Å². The van der Waals surface area contributed by atoms with Crippen molar-refractivity contribution in [2.24, 2.45) is 0 Å². The molecular formula is C21H19N3O2. The molecule has 0 aliphatic rings. The van der Waals surface area contributed by atoms with Crippen molar-refractivity contribution in [3.8, 4) is 17.6 Å². The molecule has 2 N–H and O–H groups in total. The van der Waals surface area contributed by atoms with Crippen molar-refractivity contribution in [3.63, 3.8) is 0 Å². The van der Waals surface area contributed by atoms with Crippen LogP contribution in [-0.2, 0) is 0 Å². The van der Waals surface area contributed by atoms with Gasteiger partial charge >= 0.3 is 6.03 Å². The average molecular weight is 345 g/mol. The number of nitrogens with zero attached hydrogens (tertiary/aromatic N) is 1. The number of hydrogen-bond acceptors (Lipinski definition) is 3. The molecule has 3 aromatic rings. The van der Waals surface area contributed by atoms with Gasteiger partial charge in [0.25, 0.3) is 0 Å². The maximum Gasteiger partial charge on any atom is 0.320 e. The van der Waals surface area contributed by atoms with E-state index in [4.69, 9.17) is 4.74 Å². The number of carbonyl (C=O) groups excluding carboxylic acids is 1. The quantitative estimate of drug-likeness (QED) is 0.708. The van der Waals surface area contributed by atoms with Crippen LogP contribution in [0, 0.1) is 18.8 Å². The van der Waals surface area contributed by atoms with Gasteiger partial charge in [-0.05, 0) is 36.8 Å². The van der Waals surface area contributed by atoms with Gasteiger partial charge in [-0.15, -0.1) is 0 Å². The highest BCUT2D eigenvalue weighted by molar-refractivity contribution is 5.90.